The fourth-order valence-electron chi connectivity index (χ4n) is 1.38. The molecule has 0 aromatic heterocycles. The molecule has 1 N–H and O–H groups in total. The van der Waals surface area contributed by atoms with E-state index in [1.54, 1.807) is 18.2 Å². The molecule has 0 aliphatic carbocycles. The fourth-order valence-corrected chi connectivity index (χ4v) is 1.38. The van der Waals surface area contributed by atoms with E-state index in [1.807, 2.05) is 0 Å². The standard InChI is InChI=1S/C12H12FNO/c13-12-4-2-1-3-10(12)5-6-11-9-14-7-8-15-11/h1-4,11,14H,7-9H2. The Balaban J connectivity index is 2.07. The van der Waals surface area contributed by atoms with Crippen molar-refractivity contribution in [2.45, 2.75) is 6.10 Å². The van der Waals surface area contributed by atoms with E-state index in [9.17, 15) is 4.39 Å². The molecule has 3 heteroatoms. The van der Waals surface area contributed by atoms with E-state index in [0.717, 1.165) is 6.54 Å². The first kappa shape index (κ1) is 10.2. The van der Waals surface area contributed by atoms with Crippen molar-refractivity contribution in [3.8, 4) is 11.8 Å². The normalized spacial score (nSPS) is 20.5. The summed E-state index contributed by atoms with van der Waals surface area (Å²) < 4.78 is 18.6. The van der Waals surface area contributed by atoms with E-state index in [4.69, 9.17) is 4.74 Å². The van der Waals surface area contributed by atoms with E-state index in [0.29, 0.717) is 18.7 Å². The van der Waals surface area contributed by atoms with Gasteiger partial charge in [-0.05, 0) is 12.1 Å². The van der Waals surface area contributed by atoms with Crippen molar-refractivity contribution in [1.29, 1.82) is 0 Å². The second-order valence-corrected chi connectivity index (χ2v) is 3.31. The summed E-state index contributed by atoms with van der Waals surface area (Å²) in [5, 5.41) is 3.16. The molecule has 2 rings (SSSR count). The van der Waals surface area contributed by atoms with Crippen LogP contribution in [0.5, 0.6) is 0 Å². The van der Waals surface area contributed by atoms with Crippen LogP contribution in [0, 0.1) is 17.7 Å². The number of benzene rings is 1. The van der Waals surface area contributed by atoms with Crippen LogP contribution in [0.3, 0.4) is 0 Å². The van der Waals surface area contributed by atoms with Crippen molar-refractivity contribution in [1.82, 2.24) is 5.32 Å². The highest BCUT2D eigenvalue weighted by Crippen LogP contribution is 2.04. The molecule has 1 saturated heterocycles. The van der Waals surface area contributed by atoms with Gasteiger partial charge in [-0.2, -0.15) is 0 Å². The SMILES string of the molecule is Fc1ccccc1C#CC1CNCCO1. The zero-order valence-corrected chi connectivity index (χ0v) is 8.29. The molecule has 1 atom stereocenters. The van der Waals surface area contributed by atoms with Crippen molar-refractivity contribution in [2.24, 2.45) is 0 Å². The largest absolute Gasteiger partial charge is 0.363 e. The average Bonchev–Trinajstić information content (AvgIpc) is 2.29. The van der Waals surface area contributed by atoms with Gasteiger partial charge >= 0.3 is 0 Å². The summed E-state index contributed by atoms with van der Waals surface area (Å²) in [4.78, 5) is 0. The lowest BCUT2D eigenvalue weighted by atomic mass is 10.2. The number of ether oxygens (including phenoxy) is 1. The van der Waals surface area contributed by atoms with Crippen molar-refractivity contribution >= 4 is 0 Å². The Morgan fingerprint density at radius 3 is 3.00 bits per heavy atom. The van der Waals surface area contributed by atoms with Gasteiger partial charge in [0.25, 0.3) is 0 Å². The van der Waals surface area contributed by atoms with Crippen LogP contribution in [0.15, 0.2) is 24.3 Å². The zero-order chi connectivity index (χ0) is 10.5. The Morgan fingerprint density at radius 1 is 1.40 bits per heavy atom. The van der Waals surface area contributed by atoms with Crippen LogP contribution in [-0.4, -0.2) is 25.8 Å². The lowest BCUT2D eigenvalue weighted by molar-refractivity contribution is 0.0651. The highest BCUT2D eigenvalue weighted by Gasteiger charge is 2.09. The predicted molar refractivity (Wildman–Crippen MR) is 55.9 cm³/mol. The van der Waals surface area contributed by atoms with Gasteiger partial charge in [-0.3, -0.25) is 0 Å². The minimum absolute atomic E-state index is 0.127. The van der Waals surface area contributed by atoms with Gasteiger partial charge in [0, 0.05) is 13.1 Å². The van der Waals surface area contributed by atoms with Gasteiger partial charge < -0.3 is 10.1 Å². The Labute approximate surface area is 88.4 Å². The van der Waals surface area contributed by atoms with Crippen molar-refractivity contribution in [2.75, 3.05) is 19.7 Å². The maximum absolute atomic E-state index is 13.2. The van der Waals surface area contributed by atoms with Gasteiger partial charge in [0.15, 0.2) is 0 Å². The molecule has 0 bridgehead atoms. The van der Waals surface area contributed by atoms with Crippen molar-refractivity contribution in [3.63, 3.8) is 0 Å². The topological polar surface area (TPSA) is 21.3 Å². The van der Waals surface area contributed by atoms with Crippen LogP contribution in [0.2, 0.25) is 0 Å². The summed E-state index contributed by atoms with van der Waals surface area (Å²) >= 11 is 0. The molecule has 1 aliphatic rings. The van der Waals surface area contributed by atoms with Crippen LogP contribution < -0.4 is 5.32 Å². The van der Waals surface area contributed by atoms with Crippen molar-refractivity contribution in [3.05, 3.63) is 35.6 Å². The Bertz CT molecular complexity index is 388. The number of nitrogens with one attached hydrogen (secondary N) is 1. The van der Waals surface area contributed by atoms with E-state index >= 15 is 0 Å². The quantitative estimate of drug-likeness (QED) is 0.642. The second-order valence-electron chi connectivity index (χ2n) is 3.31. The van der Waals surface area contributed by atoms with Gasteiger partial charge in [0.2, 0.25) is 0 Å². The van der Waals surface area contributed by atoms with E-state index < -0.39 is 0 Å². The minimum atomic E-state index is -0.284. The Morgan fingerprint density at radius 2 is 2.27 bits per heavy atom. The lowest BCUT2D eigenvalue weighted by Gasteiger charge is -2.18. The first-order valence-electron chi connectivity index (χ1n) is 4.94. The molecule has 0 spiro atoms. The van der Waals surface area contributed by atoms with Crippen molar-refractivity contribution < 1.29 is 9.13 Å². The number of rotatable bonds is 0. The van der Waals surface area contributed by atoms with Gasteiger partial charge in [-0.15, -0.1) is 0 Å². The third-order valence-electron chi connectivity index (χ3n) is 2.17. The third-order valence-corrected chi connectivity index (χ3v) is 2.17. The van der Waals surface area contributed by atoms with E-state index in [2.05, 4.69) is 17.2 Å². The molecule has 1 aromatic carbocycles. The van der Waals surface area contributed by atoms with Gasteiger partial charge in [0.05, 0.1) is 12.2 Å². The Hall–Kier alpha value is -1.37. The maximum atomic E-state index is 13.2. The monoisotopic (exact) mass is 205 g/mol. The lowest BCUT2D eigenvalue weighted by Crippen LogP contribution is -2.37. The number of hydrogen-bond acceptors (Lipinski definition) is 2. The second kappa shape index (κ2) is 4.92. The maximum Gasteiger partial charge on any atom is 0.138 e. The van der Waals surface area contributed by atoms with Crippen LogP contribution in [0.25, 0.3) is 0 Å². The molecule has 1 unspecified atom stereocenters. The van der Waals surface area contributed by atoms with Gasteiger partial charge in [-0.1, -0.05) is 24.0 Å². The number of halogens is 1. The molecule has 0 radical (unpaired) electrons. The molecule has 78 valence electrons. The minimum Gasteiger partial charge on any atom is -0.363 e. The predicted octanol–water partition coefficient (Wildman–Crippen LogP) is 1.17. The molecule has 15 heavy (non-hydrogen) atoms. The molecule has 1 aliphatic heterocycles. The first-order chi connectivity index (χ1) is 7.36. The van der Waals surface area contributed by atoms with Crippen LogP contribution >= 0.6 is 0 Å². The summed E-state index contributed by atoms with van der Waals surface area (Å²) in [6.45, 7) is 2.23. The zero-order valence-electron chi connectivity index (χ0n) is 8.29. The molecule has 1 heterocycles. The van der Waals surface area contributed by atoms with Gasteiger partial charge in [0.1, 0.15) is 11.9 Å². The Kier molecular flexibility index (Phi) is 3.33. The highest BCUT2D eigenvalue weighted by molar-refractivity contribution is 5.36. The number of hydrogen-bond donors (Lipinski definition) is 1. The summed E-state index contributed by atoms with van der Waals surface area (Å²) in [7, 11) is 0. The molecular weight excluding hydrogens is 193 g/mol. The average molecular weight is 205 g/mol. The summed E-state index contributed by atoms with van der Waals surface area (Å²) in [5.74, 6) is 5.41. The van der Waals surface area contributed by atoms with Crippen LogP contribution in [-0.2, 0) is 4.74 Å². The third kappa shape index (κ3) is 2.79. The summed E-state index contributed by atoms with van der Waals surface area (Å²) in [6.07, 6.45) is -0.127. The molecule has 0 amide bonds. The van der Waals surface area contributed by atoms with Crippen LogP contribution in [0.4, 0.5) is 4.39 Å². The van der Waals surface area contributed by atoms with Crippen LogP contribution in [0.1, 0.15) is 5.56 Å². The fraction of sp³-hybridized carbons (Fsp3) is 0.333. The number of morpholine rings is 1. The molecule has 1 aromatic rings. The molecule has 0 saturated carbocycles. The summed E-state index contributed by atoms with van der Waals surface area (Å²) in [5.41, 5.74) is 0.423. The molecule has 1 fully saturated rings. The summed E-state index contributed by atoms with van der Waals surface area (Å²) in [6, 6.07) is 6.49. The van der Waals surface area contributed by atoms with E-state index in [1.165, 1.54) is 6.07 Å². The smallest absolute Gasteiger partial charge is 0.138 e. The highest BCUT2D eigenvalue weighted by atomic mass is 19.1. The molecule has 2 nitrogen and oxygen atoms in total. The van der Waals surface area contributed by atoms with E-state index in [-0.39, 0.29) is 11.9 Å². The molecular formula is C12H12FNO. The first-order valence-corrected chi connectivity index (χ1v) is 4.94. The van der Waals surface area contributed by atoms with Gasteiger partial charge in [-0.25, -0.2) is 4.39 Å².